The summed E-state index contributed by atoms with van der Waals surface area (Å²) in [6.07, 6.45) is 0. The van der Waals surface area contributed by atoms with E-state index >= 15 is 0 Å². The highest BCUT2D eigenvalue weighted by molar-refractivity contribution is 14.0. The SMILES string of the molecule is CN=C(NCc1nnc(C(C)C)s1)NCc1nc2cc(Cl)ccc2s1.I. The Kier molecular flexibility index (Phi) is 7.99. The lowest BCUT2D eigenvalue weighted by Gasteiger charge is -2.09. The number of hydrogen-bond acceptors (Lipinski definition) is 6. The maximum Gasteiger partial charge on any atom is 0.191 e. The van der Waals surface area contributed by atoms with E-state index in [2.05, 4.69) is 44.7 Å². The van der Waals surface area contributed by atoms with Gasteiger partial charge in [-0.25, -0.2) is 4.98 Å². The van der Waals surface area contributed by atoms with E-state index in [9.17, 15) is 0 Å². The van der Waals surface area contributed by atoms with E-state index in [0.717, 1.165) is 25.2 Å². The van der Waals surface area contributed by atoms with Gasteiger partial charge < -0.3 is 10.6 Å². The molecule has 2 N–H and O–H groups in total. The number of aromatic nitrogens is 3. The largest absolute Gasteiger partial charge is 0.350 e. The maximum absolute atomic E-state index is 6.01. The fraction of sp³-hybridized carbons (Fsp3) is 0.375. The van der Waals surface area contributed by atoms with E-state index in [1.165, 1.54) is 0 Å². The number of halogens is 2. The number of thiazole rings is 1. The fourth-order valence-corrected chi connectivity index (χ4v) is 3.97. The van der Waals surface area contributed by atoms with Gasteiger partial charge in [0, 0.05) is 18.0 Å². The van der Waals surface area contributed by atoms with Crippen LogP contribution in [0.2, 0.25) is 5.02 Å². The van der Waals surface area contributed by atoms with Gasteiger partial charge in [-0.05, 0) is 18.2 Å². The van der Waals surface area contributed by atoms with Gasteiger partial charge in [0.2, 0.25) is 0 Å². The minimum Gasteiger partial charge on any atom is -0.350 e. The van der Waals surface area contributed by atoms with E-state index in [0.29, 0.717) is 30.0 Å². The molecule has 0 spiro atoms. The molecule has 0 atom stereocenters. The molecule has 140 valence electrons. The first kappa shape index (κ1) is 21.3. The van der Waals surface area contributed by atoms with Crippen molar-refractivity contribution in [2.75, 3.05) is 7.05 Å². The zero-order valence-corrected chi connectivity index (χ0v) is 19.3. The quantitative estimate of drug-likeness (QED) is 0.295. The normalized spacial score (nSPS) is 11.7. The van der Waals surface area contributed by atoms with Crippen LogP contribution in [0, 0.1) is 0 Å². The third-order valence-corrected chi connectivity index (χ3v) is 5.90. The van der Waals surface area contributed by atoms with Gasteiger partial charge in [0.15, 0.2) is 5.96 Å². The molecule has 0 aliphatic heterocycles. The van der Waals surface area contributed by atoms with Gasteiger partial charge in [-0.15, -0.1) is 45.5 Å². The van der Waals surface area contributed by atoms with Crippen molar-refractivity contribution in [3.63, 3.8) is 0 Å². The molecule has 0 saturated carbocycles. The predicted octanol–water partition coefficient (Wildman–Crippen LogP) is 4.41. The fourth-order valence-electron chi connectivity index (χ4n) is 2.13. The van der Waals surface area contributed by atoms with Crippen molar-refractivity contribution in [1.82, 2.24) is 25.8 Å². The Hall–Kier alpha value is -1.04. The second kappa shape index (κ2) is 9.77. The molecule has 3 rings (SSSR count). The standard InChI is InChI=1S/C16H19ClN6S2.HI/c1-9(2)15-23-22-14(25-15)8-20-16(18-3)19-7-13-21-11-6-10(17)4-5-12(11)24-13;/h4-6,9H,7-8H2,1-3H3,(H2,18,19,20);1H. The molecular weight excluding hydrogens is 503 g/mol. The molecule has 0 aliphatic carbocycles. The van der Waals surface area contributed by atoms with Crippen LogP contribution in [0.3, 0.4) is 0 Å². The van der Waals surface area contributed by atoms with Gasteiger partial charge >= 0.3 is 0 Å². The van der Waals surface area contributed by atoms with Crippen LogP contribution in [0.15, 0.2) is 23.2 Å². The van der Waals surface area contributed by atoms with Crippen LogP contribution in [0.5, 0.6) is 0 Å². The molecule has 0 bridgehead atoms. The summed E-state index contributed by atoms with van der Waals surface area (Å²) in [6.45, 7) is 5.43. The van der Waals surface area contributed by atoms with Crippen LogP contribution in [-0.2, 0) is 13.1 Å². The number of nitrogens with zero attached hydrogens (tertiary/aromatic N) is 4. The molecule has 1 aromatic carbocycles. The van der Waals surface area contributed by atoms with Gasteiger partial charge in [-0.1, -0.05) is 36.8 Å². The molecule has 6 nitrogen and oxygen atoms in total. The molecule has 0 fully saturated rings. The average molecular weight is 523 g/mol. The summed E-state index contributed by atoms with van der Waals surface area (Å²) in [5, 5.41) is 18.6. The smallest absolute Gasteiger partial charge is 0.191 e. The highest BCUT2D eigenvalue weighted by atomic mass is 127. The Labute approximate surface area is 182 Å². The van der Waals surface area contributed by atoms with Crippen LogP contribution in [-0.4, -0.2) is 28.2 Å². The number of guanidine groups is 1. The number of hydrogen-bond donors (Lipinski definition) is 2. The van der Waals surface area contributed by atoms with Gasteiger partial charge in [-0.3, -0.25) is 4.99 Å². The average Bonchev–Trinajstić information content (AvgIpc) is 3.21. The van der Waals surface area contributed by atoms with Crippen molar-refractivity contribution < 1.29 is 0 Å². The first-order chi connectivity index (χ1) is 12.0. The molecule has 0 aliphatic rings. The van der Waals surface area contributed by atoms with E-state index in [1.54, 1.807) is 29.7 Å². The number of fused-ring (bicyclic) bond motifs is 1. The molecule has 2 aromatic heterocycles. The van der Waals surface area contributed by atoms with Crippen LogP contribution < -0.4 is 10.6 Å². The number of benzene rings is 1. The van der Waals surface area contributed by atoms with E-state index in [1.807, 2.05) is 18.2 Å². The Morgan fingerprint density at radius 3 is 2.54 bits per heavy atom. The number of aliphatic imine (C=N–C) groups is 1. The lowest BCUT2D eigenvalue weighted by atomic mass is 10.2. The maximum atomic E-state index is 6.01. The minimum absolute atomic E-state index is 0. The van der Waals surface area contributed by atoms with Crippen molar-refractivity contribution in [3.8, 4) is 0 Å². The summed E-state index contributed by atoms with van der Waals surface area (Å²) in [6, 6.07) is 5.76. The van der Waals surface area contributed by atoms with Gasteiger partial charge in [-0.2, -0.15) is 0 Å². The lowest BCUT2D eigenvalue weighted by molar-refractivity contribution is 0.782. The van der Waals surface area contributed by atoms with Gasteiger partial charge in [0.25, 0.3) is 0 Å². The molecule has 0 unspecified atom stereocenters. The Morgan fingerprint density at radius 2 is 1.88 bits per heavy atom. The van der Waals surface area contributed by atoms with Crippen LogP contribution in [0.1, 0.15) is 34.8 Å². The summed E-state index contributed by atoms with van der Waals surface area (Å²) in [4.78, 5) is 8.82. The second-order valence-electron chi connectivity index (χ2n) is 5.69. The minimum atomic E-state index is 0. The summed E-state index contributed by atoms with van der Waals surface area (Å²) in [5.41, 5.74) is 0.923. The molecular formula is C16H20ClIN6S2. The molecule has 10 heteroatoms. The van der Waals surface area contributed by atoms with Crippen LogP contribution in [0.4, 0.5) is 0 Å². The highest BCUT2D eigenvalue weighted by Gasteiger charge is 2.09. The third kappa shape index (κ3) is 5.48. The van der Waals surface area contributed by atoms with Crippen LogP contribution in [0.25, 0.3) is 10.2 Å². The predicted molar refractivity (Wildman–Crippen MR) is 121 cm³/mol. The van der Waals surface area contributed by atoms with Crippen LogP contribution >= 0.6 is 58.3 Å². The zero-order chi connectivity index (χ0) is 17.8. The van der Waals surface area contributed by atoms with E-state index in [-0.39, 0.29) is 24.0 Å². The lowest BCUT2D eigenvalue weighted by Crippen LogP contribution is -2.36. The zero-order valence-electron chi connectivity index (χ0n) is 14.6. The van der Waals surface area contributed by atoms with Crippen molar-refractivity contribution in [2.24, 2.45) is 4.99 Å². The van der Waals surface area contributed by atoms with Crippen molar-refractivity contribution in [2.45, 2.75) is 32.9 Å². The Morgan fingerprint density at radius 1 is 1.15 bits per heavy atom. The first-order valence-corrected chi connectivity index (χ1v) is 9.88. The summed E-state index contributed by atoms with van der Waals surface area (Å²) >= 11 is 9.27. The Balaban J connectivity index is 0.00000243. The molecule has 0 amide bonds. The van der Waals surface area contributed by atoms with Crippen molar-refractivity contribution in [3.05, 3.63) is 38.2 Å². The summed E-state index contributed by atoms with van der Waals surface area (Å²) in [5.74, 6) is 1.11. The molecule has 3 aromatic rings. The van der Waals surface area contributed by atoms with Gasteiger partial charge in [0.1, 0.15) is 15.0 Å². The van der Waals surface area contributed by atoms with E-state index < -0.39 is 0 Å². The van der Waals surface area contributed by atoms with Crippen molar-refractivity contribution >= 4 is 74.4 Å². The first-order valence-electron chi connectivity index (χ1n) is 7.87. The van der Waals surface area contributed by atoms with Crippen molar-refractivity contribution in [1.29, 1.82) is 0 Å². The molecule has 0 saturated heterocycles. The topological polar surface area (TPSA) is 75.1 Å². The summed E-state index contributed by atoms with van der Waals surface area (Å²) in [7, 11) is 1.74. The van der Waals surface area contributed by atoms with E-state index in [4.69, 9.17) is 11.6 Å². The molecule has 26 heavy (non-hydrogen) atoms. The second-order valence-corrected chi connectivity index (χ2v) is 8.33. The molecule has 0 radical (unpaired) electrons. The summed E-state index contributed by atoms with van der Waals surface area (Å²) < 4.78 is 1.12. The number of rotatable bonds is 5. The molecule has 2 heterocycles. The number of nitrogens with one attached hydrogen (secondary N) is 2. The Bertz CT molecular complexity index is 892. The third-order valence-electron chi connectivity index (χ3n) is 3.41. The highest BCUT2D eigenvalue weighted by Crippen LogP contribution is 2.24. The van der Waals surface area contributed by atoms with Gasteiger partial charge in [0.05, 0.1) is 23.3 Å². The monoisotopic (exact) mass is 522 g/mol.